The zero-order valence-electron chi connectivity index (χ0n) is 10.1. The Labute approximate surface area is 106 Å². The molecule has 18 heavy (non-hydrogen) atoms. The van der Waals surface area contributed by atoms with Crippen LogP contribution in [0.25, 0.3) is 0 Å². The Morgan fingerprint density at radius 3 is 2.11 bits per heavy atom. The van der Waals surface area contributed by atoms with Crippen LogP contribution in [0.1, 0.15) is 41.0 Å². The van der Waals surface area contributed by atoms with Crippen LogP contribution in [0.5, 0.6) is 0 Å². The molecule has 0 spiro atoms. The molecule has 1 nitrogen and oxygen atoms in total. The van der Waals surface area contributed by atoms with Crippen LogP contribution < -0.4 is 0 Å². The van der Waals surface area contributed by atoms with Gasteiger partial charge in [0.1, 0.15) is 6.29 Å². The molecule has 2 aromatic carbocycles. The van der Waals surface area contributed by atoms with Crippen LogP contribution in [0.3, 0.4) is 0 Å². The molecule has 0 saturated heterocycles. The molecule has 0 heterocycles. The first-order chi connectivity index (χ1) is 8.87. The van der Waals surface area contributed by atoms with Crippen molar-refractivity contribution in [1.29, 1.82) is 0 Å². The fraction of sp³-hybridized carbons (Fsp3) is 0.235. The van der Waals surface area contributed by atoms with Gasteiger partial charge < -0.3 is 4.79 Å². The first-order valence-corrected chi connectivity index (χ1v) is 6.49. The minimum atomic E-state index is -0.0421. The number of hydrogen-bond donors (Lipinski definition) is 0. The molecular formula is C17H14O. The number of hydrogen-bond acceptors (Lipinski definition) is 1. The molecule has 0 aliphatic heterocycles. The summed E-state index contributed by atoms with van der Waals surface area (Å²) in [6.07, 6.45) is 2.77. The third-order valence-electron chi connectivity index (χ3n) is 4.69. The SMILES string of the molecule is O=CCC12CC(c3ccccc31)c1ccccc12. The van der Waals surface area contributed by atoms with Crippen molar-refractivity contribution >= 4 is 6.29 Å². The van der Waals surface area contributed by atoms with Crippen molar-refractivity contribution in [2.24, 2.45) is 0 Å². The number of aldehydes is 1. The Balaban J connectivity index is 2.05. The van der Waals surface area contributed by atoms with Crippen molar-refractivity contribution in [1.82, 2.24) is 0 Å². The third kappa shape index (κ3) is 1.01. The molecule has 0 amide bonds. The molecule has 0 radical (unpaired) electrons. The molecule has 2 bridgehead atoms. The van der Waals surface area contributed by atoms with E-state index in [0.717, 1.165) is 12.7 Å². The Kier molecular flexibility index (Phi) is 1.86. The molecule has 4 rings (SSSR count). The molecule has 0 N–H and O–H groups in total. The van der Waals surface area contributed by atoms with Gasteiger partial charge >= 0.3 is 0 Å². The summed E-state index contributed by atoms with van der Waals surface area (Å²) in [7, 11) is 0. The van der Waals surface area contributed by atoms with E-state index in [9.17, 15) is 4.79 Å². The average Bonchev–Trinajstić information content (AvgIpc) is 2.92. The molecule has 0 atom stereocenters. The normalized spacial score (nSPS) is 26.8. The van der Waals surface area contributed by atoms with E-state index >= 15 is 0 Å². The number of carbonyl (C=O) groups is 1. The van der Waals surface area contributed by atoms with Gasteiger partial charge in [0.15, 0.2) is 0 Å². The first-order valence-electron chi connectivity index (χ1n) is 6.49. The van der Waals surface area contributed by atoms with Gasteiger partial charge in [0.25, 0.3) is 0 Å². The van der Waals surface area contributed by atoms with E-state index in [1.54, 1.807) is 0 Å². The van der Waals surface area contributed by atoms with Crippen molar-refractivity contribution < 1.29 is 4.79 Å². The summed E-state index contributed by atoms with van der Waals surface area (Å²) in [5.41, 5.74) is 5.57. The van der Waals surface area contributed by atoms with Crippen molar-refractivity contribution in [2.45, 2.75) is 24.2 Å². The monoisotopic (exact) mass is 234 g/mol. The lowest BCUT2D eigenvalue weighted by Crippen LogP contribution is -2.24. The van der Waals surface area contributed by atoms with Crippen molar-refractivity contribution in [3.8, 4) is 0 Å². The highest BCUT2D eigenvalue weighted by Crippen LogP contribution is 2.61. The van der Waals surface area contributed by atoms with Crippen LogP contribution >= 0.6 is 0 Å². The summed E-state index contributed by atoms with van der Waals surface area (Å²) in [6.45, 7) is 0. The second-order valence-electron chi connectivity index (χ2n) is 5.38. The van der Waals surface area contributed by atoms with Gasteiger partial charge in [-0.25, -0.2) is 0 Å². The molecule has 2 aliphatic carbocycles. The quantitative estimate of drug-likeness (QED) is 0.728. The molecule has 2 aliphatic rings. The fourth-order valence-corrected chi connectivity index (χ4v) is 4.02. The van der Waals surface area contributed by atoms with Gasteiger partial charge in [-0.2, -0.15) is 0 Å². The molecule has 1 heteroatoms. The molecular weight excluding hydrogens is 220 g/mol. The van der Waals surface area contributed by atoms with Crippen LogP contribution in [-0.4, -0.2) is 6.29 Å². The summed E-state index contributed by atoms with van der Waals surface area (Å²) < 4.78 is 0. The Morgan fingerprint density at radius 1 is 1.00 bits per heavy atom. The van der Waals surface area contributed by atoms with E-state index < -0.39 is 0 Å². The standard InChI is InChI=1S/C17H14O/c18-10-9-17-11-14(12-5-1-3-7-15(12)17)13-6-2-4-8-16(13)17/h1-8,10,14H,9,11H2. The van der Waals surface area contributed by atoms with E-state index in [0.29, 0.717) is 12.3 Å². The maximum absolute atomic E-state index is 11.2. The average molecular weight is 234 g/mol. The maximum atomic E-state index is 11.2. The second-order valence-corrected chi connectivity index (χ2v) is 5.38. The summed E-state index contributed by atoms with van der Waals surface area (Å²) >= 11 is 0. The van der Waals surface area contributed by atoms with Crippen LogP contribution in [0.4, 0.5) is 0 Å². The predicted octanol–water partition coefficient (Wildman–Crippen LogP) is 3.41. The van der Waals surface area contributed by atoms with Gasteiger partial charge in [-0.15, -0.1) is 0 Å². The highest BCUT2D eigenvalue weighted by Gasteiger charge is 2.51. The summed E-state index contributed by atoms with van der Waals surface area (Å²) in [4.78, 5) is 11.2. The van der Waals surface area contributed by atoms with E-state index in [1.807, 2.05) is 0 Å². The lowest BCUT2D eigenvalue weighted by atomic mass is 9.73. The van der Waals surface area contributed by atoms with Crippen LogP contribution in [0.2, 0.25) is 0 Å². The van der Waals surface area contributed by atoms with Crippen molar-refractivity contribution in [3.05, 3.63) is 70.8 Å². The lowest BCUT2D eigenvalue weighted by molar-refractivity contribution is -0.108. The molecule has 0 fully saturated rings. The van der Waals surface area contributed by atoms with Gasteiger partial charge in [0, 0.05) is 17.8 Å². The minimum Gasteiger partial charge on any atom is -0.303 e. The van der Waals surface area contributed by atoms with Gasteiger partial charge in [0.05, 0.1) is 0 Å². The zero-order valence-corrected chi connectivity index (χ0v) is 10.1. The first kappa shape index (κ1) is 10.1. The van der Waals surface area contributed by atoms with Crippen LogP contribution in [-0.2, 0) is 10.2 Å². The Bertz CT molecular complexity index is 594. The van der Waals surface area contributed by atoms with E-state index in [1.165, 1.54) is 22.3 Å². The second kappa shape index (κ2) is 3.32. The van der Waals surface area contributed by atoms with Gasteiger partial charge in [-0.3, -0.25) is 0 Å². The van der Waals surface area contributed by atoms with Crippen LogP contribution in [0.15, 0.2) is 48.5 Å². The summed E-state index contributed by atoms with van der Waals surface area (Å²) in [6, 6.07) is 17.3. The summed E-state index contributed by atoms with van der Waals surface area (Å²) in [5.74, 6) is 0.498. The molecule has 0 aromatic heterocycles. The van der Waals surface area contributed by atoms with E-state index in [4.69, 9.17) is 0 Å². The van der Waals surface area contributed by atoms with Gasteiger partial charge in [-0.1, -0.05) is 48.5 Å². The number of fused-ring (bicyclic) bond motifs is 8. The fourth-order valence-electron chi connectivity index (χ4n) is 4.02. The molecule has 0 unspecified atom stereocenters. The molecule has 88 valence electrons. The number of benzene rings is 2. The van der Waals surface area contributed by atoms with Crippen molar-refractivity contribution in [3.63, 3.8) is 0 Å². The highest BCUT2D eigenvalue weighted by atomic mass is 16.1. The van der Waals surface area contributed by atoms with Crippen LogP contribution in [0, 0.1) is 0 Å². The predicted molar refractivity (Wildman–Crippen MR) is 70.8 cm³/mol. The highest BCUT2D eigenvalue weighted by molar-refractivity contribution is 5.68. The largest absolute Gasteiger partial charge is 0.303 e. The van der Waals surface area contributed by atoms with E-state index in [-0.39, 0.29) is 5.41 Å². The lowest BCUT2D eigenvalue weighted by Gasteiger charge is -2.29. The van der Waals surface area contributed by atoms with Gasteiger partial charge in [-0.05, 0) is 28.7 Å². The zero-order chi connectivity index (χ0) is 12.2. The minimum absolute atomic E-state index is 0.0421. The smallest absolute Gasteiger partial charge is 0.121 e. The Hall–Kier alpha value is -1.89. The Morgan fingerprint density at radius 2 is 1.56 bits per heavy atom. The molecule has 2 aromatic rings. The van der Waals surface area contributed by atoms with Crippen molar-refractivity contribution in [2.75, 3.05) is 0 Å². The molecule has 0 saturated carbocycles. The van der Waals surface area contributed by atoms with Gasteiger partial charge in [0.2, 0.25) is 0 Å². The maximum Gasteiger partial charge on any atom is 0.121 e. The topological polar surface area (TPSA) is 17.1 Å². The van der Waals surface area contributed by atoms with E-state index in [2.05, 4.69) is 48.5 Å². The number of rotatable bonds is 2. The number of carbonyl (C=O) groups excluding carboxylic acids is 1. The third-order valence-corrected chi connectivity index (χ3v) is 4.69. The summed E-state index contributed by atoms with van der Waals surface area (Å²) in [5, 5.41) is 0.